The molecule has 0 aliphatic carbocycles. The Hall–Kier alpha value is -1.21. The molecule has 0 saturated carbocycles. The van der Waals surface area contributed by atoms with Gasteiger partial charge in [0.15, 0.2) is 0 Å². The number of nitrogens with zero attached hydrogens (tertiary/aromatic N) is 1. The molecule has 0 aliphatic rings. The minimum Gasteiger partial charge on any atom is -0.312 e. The highest BCUT2D eigenvalue weighted by Gasteiger charge is 2.12. The van der Waals surface area contributed by atoms with E-state index >= 15 is 0 Å². The summed E-state index contributed by atoms with van der Waals surface area (Å²) in [6.07, 6.45) is 2.08. The summed E-state index contributed by atoms with van der Waals surface area (Å²) in [5.41, 5.74) is 2.49. The molecule has 1 aromatic heterocycles. The fraction of sp³-hybridized carbons (Fsp3) is 0.412. The number of thiophene rings is 1. The average Bonchev–Trinajstić information content (AvgIpc) is 2.99. The van der Waals surface area contributed by atoms with Crippen LogP contribution >= 0.6 is 11.3 Å². The minimum atomic E-state index is -3.07. The van der Waals surface area contributed by atoms with E-state index in [-0.39, 0.29) is 0 Å². The van der Waals surface area contributed by atoms with Crippen molar-refractivity contribution in [2.75, 3.05) is 25.9 Å². The van der Waals surface area contributed by atoms with Crippen LogP contribution in [-0.4, -0.2) is 38.6 Å². The van der Waals surface area contributed by atoms with Gasteiger partial charge in [-0.2, -0.15) is 0 Å². The van der Waals surface area contributed by atoms with Crippen molar-refractivity contribution < 1.29 is 8.42 Å². The van der Waals surface area contributed by atoms with E-state index in [4.69, 9.17) is 0 Å². The Morgan fingerprint density at radius 1 is 1.17 bits per heavy atom. The van der Waals surface area contributed by atoms with Crippen LogP contribution in [0.25, 0.3) is 11.1 Å². The average molecular weight is 353 g/mol. The van der Waals surface area contributed by atoms with Crippen molar-refractivity contribution in [1.29, 1.82) is 0 Å². The van der Waals surface area contributed by atoms with E-state index < -0.39 is 10.0 Å². The molecule has 2 rings (SSSR count). The largest absolute Gasteiger partial charge is 0.312 e. The second-order valence-electron chi connectivity index (χ2n) is 5.45. The van der Waals surface area contributed by atoms with E-state index in [1.54, 1.807) is 11.3 Å². The first-order chi connectivity index (χ1) is 11.0. The van der Waals surface area contributed by atoms with E-state index in [1.807, 2.05) is 25.1 Å². The standard InChI is InChI=1S/C17H24N2O2S2/c1-3-19(23(2,20)21)11-7-10-18-13-17-12-16(14-22-17)15-8-5-4-6-9-15/h4-6,8-9,12,14,18H,3,7,10-11,13H2,1-2H3. The van der Waals surface area contributed by atoms with Gasteiger partial charge in [0.1, 0.15) is 0 Å². The molecular weight excluding hydrogens is 328 g/mol. The maximum Gasteiger partial charge on any atom is 0.211 e. The molecule has 2 aromatic rings. The molecule has 0 unspecified atom stereocenters. The van der Waals surface area contributed by atoms with Gasteiger partial charge in [-0.15, -0.1) is 11.3 Å². The number of rotatable bonds is 9. The zero-order chi connectivity index (χ0) is 16.7. The summed E-state index contributed by atoms with van der Waals surface area (Å²) in [6.45, 7) is 4.60. The summed E-state index contributed by atoms with van der Waals surface area (Å²) in [7, 11) is -3.07. The normalized spacial score (nSPS) is 12.0. The van der Waals surface area contributed by atoms with Crippen LogP contribution in [0.15, 0.2) is 41.8 Å². The summed E-state index contributed by atoms with van der Waals surface area (Å²) in [4.78, 5) is 1.29. The lowest BCUT2D eigenvalue weighted by Crippen LogP contribution is -2.32. The summed E-state index contributed by atoms with van der Waals surface area (Å²) in [5, 5.41) is 5.56. The predicted octanol–water partition coefficient (Wildman–Crippen LogP) is 3.18. The lowest BCUT2D eigenvalue weighted by Gasteiger charge is -2.17. The Balaban J connectivity index is 1.74. The van der Waals surface area contributed by atoms with Crippen LogP contribution < -0.4 is 5.32 Å². The number of hydrogen-bond acceptors (Lipinski definition) is 4. The Morgan fingerprint density at radius 3 is 2.57 bits per heavy atom. The molecule has 4 nitrogen and oxygen atoms in total. The van der Waals surface area contributed by atoms with Crippen LogP contribution in [0.4, 0.5) is 0 Å². The molecule has 23 heavy (non-hydrogen) atoms. The fourth-order valence-corrected chi connectivity index (χ4v) is 4.20. The van der Waals surface area contributed by atoms with Crippen molar-refractivity contribution in [2.45, 2.75) is 19.9 Å². The van der Waals surface area contributed by atoms with Gasteiger partial charge in [0, 0.05) is 24.5 Å². The Kier molecular flexibility index (Phi) is 6.77. The van der Waals surface area contributed by atoms with Crippen molar-refractivity contribution in [3.05, 3.63) is 46.7 Å². The molecule has 0 saturated heterocycles. The van der Waals surface area contributed by atoms with Crippen molar-refractivity contribution in [2.24, 2.45) is 0 Å². The second kappa shape index (κ2) is 8.59. The topological polar surface area (TPSA) is 49.4 Å². The predicted molar refractivity (Wildman–Crippen MR) is 98.2 cm³/mol. The van der Waals surface area contributed by atoms with Gasteiger partial charge in [-0.05, 0) is 35.5 Å². The highest BCUT2D eigenvalue weighted by atomic mass is 32.2. The molecular formula is C17H24N2O2S2. The number of sulfonamides is 1. The van der Waals surface area contributed by atoms with Gasteiger partial charge in [-0.25, -0.2) is 12.7 Å². The molecule has 0 radical (unpaired) electrons. The molecule has 0 amide bonds. The van der Waals surface area contributed by atoms with Gasteiger partial charge in [0.2, 0.25) is 10.0 Å². The van der Waals surface area contributed by atoms with E-state index in [1.165, 1.54) is 26.6 Å². The van der Waals surface area contributed by atoms with Crippen molar-refractivity contribution in [3.8, 4) is 11.1 Å². The third-order valence-corrected chi connectivity index (χ3v) is 5.96. The van der Waals surface area contributed by atoms with Crippen LogP contribution in [0.2, 0.25) is 0 Å². The molecule has 0 fully saturated rings. The van der Waals surface area contributed by atoms with E-state index in [0.29, 0.717) is 13.1 Å². The molecule has 1 heterocycles. The quantitative estimate of drug-likeness (QED) is 0.705. The summed E-state index contributed by atoms with van der Waals surface area (Å²) >= 11 is 1.75. The zero-order valence-corrected chi connectivity index (χ0v) is 15.3. The summed E-state index contributed by atoms with van der Waals surface area (Å²) in [6, 6.07) is 12.6. The lowest BCUT2D eigenvalue weighted by molar-refractivity contribution is 0.419. The highest BCUT2D eigenvalue weighted by molar-refractivity contribution is 7.88. The van der Waals surface area contributed by atoms with Gasteiger partial charge in [0.05, 0.1) is 6.26 Å². The SMILES string of the molecule is CCN(CCCNCc1cc(-c2ccccc2)cs1)S(C)(=O)=O. The molecule has 1 aromatic carbocycles. The maximum absolute atomic E-state index is 11.5. The number of nitrogens with one attached hydrogen (secondary N) is 1. The minimum absolute atomic E-state index is 0.532. The molecule has 1 N–H and O–H groups in total. The molecule has 126 valence electrons. The van der Waals surface area contributed by atoms with Crippen LogP contribution in [0.1, 0.15) is 18.2 Å². The monoisotopic (exact) mass is 352 g/mol. The Morgan fingerprint density at radius 2 is 1.91 bits per heavy atom. The molecule has 6 heteroatoms. The van der Waals surface area contributed by atoms with Crippen LogP contribution in [0.5, 0.6) is 0 Å². The highest BCUT2D eigenvalue weighted by Crippen LogP contribution is 2.25. The number of hydrogen-bond donors (Lipinski definition) is 1. The molecule has 0 spiro atoms. The van der Waals surface area contributed by atoms with Gasteiger partial charge in [-0.1, -0.05) is 37.3 Å². The van der Waals surface area contributed by atoms with Crippen LogP contribution in [0, 0.1) is 0 Å². The first kappa shape index (κ1) is 18.1. The van der Waals surface area contributed by atoms with Gasteiger partial charge < -0.3 is 5.32 Å². The third-order valence-electron chi connectivity index (χ3n) is 3.64. The Labute approximate surface area is 143 Å². The zero-order valence-electron chi connectivity index (χ0n) is 13.7. The van der Waals surface area contributed by atoms with Gasteiger partial charge in [0.25, 0.3) is 0 Å². The van der Waals surface area contributed by atoms with Gasteiger partial charge in [-0.3, -0.25) is 0 Å². The second-order valence-corrected chi connectivity index (χ2v) is 8.43. The lowest BCUT2D eigenvalue weighted by atomic mass is 10.1. The van der Waals surface area contributed by atoms with E-state index in [0.717, 1.165) is 19.5 Å². The van der Waals surface area contributed by atoms with E-state index in [9.17, 15) is 8.42 Å². The molecule has 0 atom stereocenters. The summed E-state index contributed by atoms with van der Waals surface area (Å²) < 4.78 is 24.5. The maximum atomic E-state index is 11.5. The van der Waals surface area contributed by atoms with Crippen LogP contribution in [0.3, 0.4) is 0 Å². The number of benzene rings is 1. The van der Waals surface area contributed by atoms with Crippen molar-refractivity contribution in [3.63, 3.8) is 0 Å². The van der Waals surface area contributed by atoms with Crippen molar-refractivity contribution >= 4 is 21.4 Å². The molecule has 0 aliphatic heterocycles. The fourth-order valence-electron chi connectivity index (χ4n) is 2.41. The van der Waals surface area contributed by atoms with Crippen LogP contribution in [-0.2, 0) is 16.6 Å². The molecule has 0 bridgehead atoms. The summed E-state index contributed by atoms with van der Waals surface area (Å²) in [5.74, 6) is 0. The van der Waals surface area contributed by atoms with E-state index in [2.05, 4.69) is 28.9 Å². The first-order valence-electron chi connectivity index (χ1n) is 7.79. The Bertz CT molecular complexity index is 696. The third kappa shape index (κ3) is 5.73. The van der Waals surface area contributed by atoms with Crippen molar-refractivity contribution in [1.82, 2.24) is 9.62 Å². The first-order valence-corrected chi connectivity index (χ1v) is 10.5. The van der Waals surface area contributed by atoms with Gasteiger partial charge >= 0.3 is 0 Å². The smallest absolute Gasteiger partial charge is 0.211 e.